The fraction of sp³-hybridized carbons (Fsp3) is 0.600. The van der Waals surface area contributed by atoms with Crippen LogP contribution in [0.1, 0.15) is 31.2 Å². The fourth-order valence-electron chi connectivity index (χ4n) is 4.08. The van der Waals surface area contributed by atoms with E-state index in [0.29, 0.717) is 23.8 Å². The average molecular weight is 252 g/mol. The molecule has 1 aromatic carbocycles. The lowest BCUT2D eigenvalue weighted by Crippen LogP contribution is -2.34. The molecular formula is C15H18F2O. The molecule has 1 nitrogen and oxygen atoms in total. The Balaban J connectivity index is 1.88. The molecule has 2 saturated carbocycles. The second-order valence-corrected chi connectivity index (χ2v) is 6.01. The Labute approximate surface area is 106 Å². The molecule has 3 atom stereocenters. The molecule has 0 heterocycles. The number of aliphatic hydroxyl groups excluding tert-OH is 1. The van der Waals surface area contributed by atoms with E-state index in [0.717, 1.165) is 25.3 Å². The molecule has 0 aromatic heterocycles. The first-order valence-electron chi connectivity index (χ1n) is 6.68. The van der Waals surface area contributed by atoms with E-state index in [-0.39, 0.29) is 17.8 Å². The van der Waals surface area contributed by atoms with Crippen molar-refractivity contribution in [1.29, 1.82) is 0 Å². The van der Waals surface area contributed by atoms with Crippen molar-refractivity contribution in [3.8, 4) is 0 Å². The van der Waals surface area contributed by atoms with E-state index in [9.17, 15) is 13.9 Å². The van der Waals surface area contributed by atoms with Gasteiger partial charge >= 0.3 is 0 Å². The van der Waals surface area contributed by atoms with E-state index in [1.165, 1.54) is 18.6 Å². The van der Waals surface area contributed by atoms with Gasteiger partial charge in [0.05, 0.1) is 0 Å². The van der Waals surface area contributed by atoms with Crippen molar-refractivity contribution >= 4 is 0 Å². The lowest BCUT2D eigenvalue weighted by Gasteiger charge is -2.36. The zero-order valence-electron chi connectivity index (χ0n) is 10.3. The van der Waals surface area contributed by atoms with Gasteiger partial charge in [-0.1, -0.05) is 6.42 Å². The Morgan fingerprint density at radius 3 is 2.72 bits per heavy atom. The summed E-state index contributed by atoms with van der Waals surface area (Å²) >= 11 is 0. The highest BCUT2D eigenvalue weighted by Gasteiger charge is 2.50. The maximum Gasteiger partial charge on any atom is 0.126 e. The van der Waals surface area contributed by atoms with Gasteiger partial charge in [-0.2, -0.15) is 0 Å². The van der Waals surface area contributed by atoms with Gasteiger partial charge in [0.1, 0.15) is 11.6 Å². The van der Waals surface area contributed by atoms with E-state index >= 15 is 0 Å². The summed E-state index contributed by atoms with van der Waals surface area (Å²) in [6.07, 6.45) is 4.94. The summed E-state index contributed by atoms with van der Waals surface area (Å²) in [7, 11) is 0. The van der Waals surface area contributed by atoms with Crippen molar-refractivity contribution in [2.24, 2.45) is 17.3 Å². The topological polar surface area (TPSA) is 20.2 Å². The number of benzene rings is 1. The SMILES string of the molecule is OCC1(Cc2cc(F)ccc2F)CC2CCC1C2. The van der Waals surface area contributed by atoms with Crippen LogP contribution in [0, 0.1) is 28.9 Å². The van der Waals surface area contributed by atoms with Crippen molar-refractivity contribution in [2.75, 3.05) is 6.61 Å². The average Bonchev–Trinajstić information content (AvgIpc) is 2.94. The molecule has 98 valence electrons. The van der Waals surface area contributed by atoms with Crippen LogP contribution in [0.4, 0.5) is 8.78 Å². The van der Waals surface area contributed by atoms with Gasteiger partial charge in [-0.3, -0.25) is 0 Å². The normalized spacial score (nSPS) is 34.2. The van der Waals surface area contributed by atoms with Gasteiger partial charge in [0.25, 0.3) is 0 Å². The summed E-state index contributed by atoms with van der Waals surface area (Å²) in [4.78, 5) is 0. The number of rotatable bonds is 3. The van der Waals surface area contributed by atoms with Crippen LogP contribution in [0.5, 0.6) is 0 Å². The predicted molar refractivity (Wildman–Crippen MR) is 65.0 cm³/mol. The summed E-state index contributed by atoms with van der Waals surface area (Å²) in [5.74, 6) is 0.406. The fourth-order valence-corrected chi connectivity index (χ4v) is 4.08. The van der Waals surface area contributed by atoms with Crippen molar-refractivity contribution in [3.63, 3.8) is 0 Å². The Bertz CT molecular complexity index is 460. The molecule has 0 spiro atoms. The molecule has 2 aliphatic rings. The monoisotopic (exact) mass is 252 g/mol. The Morgan fingerprint density at radius 1 is 1.28 bits per heavy atom. The third kappa shape index (κ3) is 1.85. The Hall–Kier alpha value is -0.960. The maximum absolute atomic E-state index is 13.7. The van der Waals surface area contributed by atoms with E-state index in [1.807, 2.05) is 0 Å². The molecule has 0 aliphatic heterocycles. The quantitative estimate of drug-likeness (QED) is 0.875. The molecule has 1 aromatic rings. The van der Waals surface area contributed by atoms with E-state index in [2.05, 4.69) is 0 Å². The van der Waals surface area contributed by atoms with Crippen molar-refractivity contribution in [2.45, 2.75) is 32.1 Å². The third-order valence-corrected chi connectivity index (χ3v) is 4.97. The van der Waals surface area contributed by atoms with Crippen LogP contribution in [-0.4, -0.2) is 11.7 Å². The first-order chi connectivity index (χ1) is 8.63. The zero-order valence-corrected chi connectivity index (χ0v) is 10.3. The highest BCUT2D eigenvalue weighted by Crippen LogP contribution is 2.57. The second kappa shape index (κ2) is 4.30. The summed E-state index contributed by atoms with van der Waals surface area (Å²) in [5.41, 5.74) is 0.203. The second-order valence-electron chi connectivity index (χ2n) is 6.01. The molecule has 3 rings (SSSR count). The summed E-state index contributed by atoms with van der Waals surface area (Å²) in [6.45, 7) is 0.0874. The van der Waals surface area contributed by atoms with Crippen molar-refractivity contribution < 1.29 is 13.9 Å². The molecule has 2 fully saturated rings. The largest absolute Gasteiger partial charge is 0.396 e. The van der Waals surface area contributed by atoms with E-state index in [1.54, 1.807) is 0 Å². The van der Waals surface area contributed by atoms with Gasteiger partial charge in [-0.15, -0.1) is 0 Å². The van der Waals surface area contributed by atoms with E-state index in [4.69, 9.17) is 0 Å². The van der Waals surface area contributed by atoms with Gasteiger partial charge in [0, 0.05) is 12.0 Å². The number of fused-ring (bicyclic) bond motifs is 2. The van der Waals surface area contributed by atoms with Gasteiger partial charge in [0.2, 0.25) is 0 Å². The van der Waals surface area contributed by atoms with Gasteiger partial charge in [-0.25, -0.2) is 8.78 Å². The van der Waals surface area contributed by atoms with Crippen LogP contribution in [0.3, 0.4) is 0 Å². The van der Waals surface area contributed by atoms with E-state index < -0.39 is 5.82 Å². The van der Waals surface area contributed by atoms with Crippen molar-refractivity contribution in [3.05, 3.63) is 35.4 Å². The Morgan fingerprint density at radius 2 is 2.11 bits per heavy atom. The molecule has 3 unspecified atom stereocenters. The van der Waals surface area contributed by atoms with Crippen LogP contribution in [0.15, 0.2) is 18.2 Å². The highest BCUT2D eigenvalue weighted by molar-refractivity contribution is 5.22. The lowest BCUT2D eigenvalue weighted by atomic mass is 9.70. The van der Waals surface area contributed by atoms with Gasteiger partial charge in [0.15, 0.2) is 0 Å². The minimum atomic E-state index is -0.400. The minimum absolute atomic E-state index is 0.0874. The molecule has 18 heavy (non-hydrogen) atoms. The van der Waals surface area contributed by atoms with Crippen LogP contribution in [0.2, 0.25) is 0 Å². The summed E-state index contributed by atoms with van der Waals surface area (Å²) < 4.78 is 26.9. The van der Waals surface area contributed by atoms with Gasteiger partial charge < -0.3 is 5.11 Å². The zero-order chi connectivity index (χ0) is 12.8. The molecule has 0 saturated heterocycles. The maximum atomic E-state index is 13.7. The number of aliphatic hydroxyl groups is 1. The first kappa shape index (κ1) is 12.1. The number of halogens is 2. The smallest absolute Gasteiger partial charge is 0.126 e. The number of hydrogen-bond donors (Lipinski definition) is 1. The third-order valence-electron chi connectivity index (χ3n) is 4.97. The van der Waals surface area contributed by atoms with Crippen LogP contribution in [-0.2, 0) is 6.42 Å². The predicted octanol–water partition coefficient (Wildman–Crippen LogP) is 3.31. The minimum Gasteiger partial charge on any atom is -0.396 e. The standard InChI is InChI=1S/C15H18F2O/c16-13-3-4-14(17)11(6-13)8-15(9-18)7-10-1-2-12(15)5-10/h3-4,6,10,12,18H,1-2,5,7-9H2. The molecule has 0 radical (unpaired) electrons. The highest BCUT2D eigenvalue weighted by atomic mass is 19.1. The van der Waals surface area contributed by atoms with Gasteiger partial charge in [-0.05, 0) is 61.3 Å². The van der Waals surface area contributed by atoms with Crippen molar-refractivity contribution in [1.82, 2.24) is 0 Å². The molecule has 2 aliphatic carbocycles. The number of hydrogen-bond acceptors (Lipinski definition) is 1. The van der Waals surface area contributed by atoms with Crippen LogP contribution >= 0.6 is 0 Å². The lowest BCUT2D eigenvalue weighted by molar-refractivity contribution is 0.0643. The summed E-state index contributed by atoms with van der Waals surface area (Å²) in [5, 5.41) is 9.74. The van der Waals surface area contributed by atoms with Crippen LogP contribution in [0.25, 0.3) is 0 Å². The van der Waals surface area contributed by atoms with Crippen LogP contribution < -0.4 is 0 Å². The summed E-state index contributed by atoms with van der Waals surface area (Å²) in [6, 6.07) is 3.60. The molecule has 2 bridgehead atoms. The molecular weight excluding hydrogens is 234 g/mol. The molecule has 1 N–H and O–H groups in total. The molecule has 0 amide bonds. The Kier molecular flexibility index (Phi) is 2.89. The first-order valence-corrected chi connectivity index (χ1v) is 6.68. The molecule has 3 heteroatoms.